The van der Waals surface area contributed by atoms with Crippen LogP contribution in [0.25, 0.3) is 94.1 Å². The average molecular weight is 614 g/mol. The Morgan fingerprint density at radius 1 is 0.417 bits per heavy atom. The van der Waals surface area contributed by atoms with Gasteiger partial charge in [0, 0.05) is 38.4 Å². The molecular weight excluding hydrogens is 587 g/mol. The molecule has 10 rings (SSSR count). The summed E-state index contributed by atoms with van der Waals surface area (Å²) in [5.41, 5.74) is 11.4. The number of benzene rings is 7. The topological polar surface area (TPSA) is 43.9 Å². The second kappa shape index (κ2) is 10.5. The van der Waals surface area contributed by atoms with Crippen LogP contribution in [0.5, 0.6) is 0 Å². The fourth-order valence-corrected chi connectivity index (χ4v) is 7.17. The van der Waals surface area contributed by atoms with Gasteiger partial charge in [0.15, 0.2) is 5.58 Å². The summed E-state index contributed by atoms with van der Waals surface area (Å²) in [7, 11) is 0. The van der Waals surface area contributed by atoms with Crippen molar-refractivity contribution in [3.05, 3.63) is 164 Å². The number of oxazole rings is 1. The first-order valence-electron chi connectivity index (χ1n) is 16.2. The van der Waals surface area contributed by atoms with Crippen LogP contribution < -0.4 is 0 Å². The van der Waals surface area contributed by atoms with Crippen LogP contribution in [0.15, 0.2) is 168 Å². The van der Waals surface area contributed by atoms with Crippen molar-refractivity contribution >= 4 is 54.6 Å². The molecule has 0 bridgehead atoms. The summed E-state index contributed by atoms with van der Waals surface area (Å²) in [4.78, 5) is 10.0. The zero-order chi connectivity index (χ0) is 31.6. The Hall–Kier alpha value is -6.52. The van der Waals surface area contributed by atoms with E-state index in [1.807, 2.05) is 24.3 Å². The van der Waals surface area contributed by atoms with Crippen LogP contribution >= 0.6 is 0 Å². The van der Waals surface area contributed by atoms with Gasteiger partial charge < -0.3 is 8.98 Å². The van der Waals surface area contributed by atoms with E-state index < -0.39 is 0 Å². The summed E-state index contributed by atoms with van der Waals surface area (Å²) in [5.74, 6) is 0.631. The normalized spacial score (nSPS) is 11.8. The molecule has 0 saturated heterocycles. The van der Waals surface area contributed by atoms with Crippen LogP contribution in [-0.4, -0.2) is 14.5 Å². The Labute approximate surface area is 276 Å². The Bertz CT molecular complexity index is 2780. The summed E-state index contributed by atoms with van der Waals surface area (Å²) >= 11 is 0. The van der Waals surface area contributed by atoms with E-state index in [9.17, 15) is 0 Å². The second-order valence-corrected chi connectivity index (χ2v) is 12.2. The highest BCUT2D eigenvalue weighted by atomic mass is 16.3. The number of hydrogen-bond acceptors (Lipinski definition) is 3. The van der Waals surface area contributed by atoms with E-state index in [1.165, 1.54) is 27.2 Å². The lowest BCUT2D eigenvalue weighted by Crippen LogP contribution is -1.97. The fourth-order valence-electron chi connectivity index (χ4n) is 7.17. The molecule has 48 heavy (non-hydrogen) atoms. The van der Waals surface area contributed by atoms with E-state index in [2.05, 4.69) is 149 Å². The number of hydrogen-bond donors (Lipinski definition) is 0. The summed E-state index contributed by atoms with van der Waals surface area (Å²) in [5, 5.41) is 5.95. The van der Waals surface area contributed by atoms with Gasteiger partial charge in [-0.05, 0) is 65.0 Å². The molecule has 0 N–H and O–H groups in total. The molecule has 224 valence electrons. The number of aromatic nitrogens is 3. The lowest BCUT2D eigenvalue weighted by molar-refractivity contribution is 0.620. The van der Waals surface area contributed by atoms with E-state index in [-0.39, 0.29) is 0 Å². The van der Waals surface area contributed by atoms with Crippen molar-refractivity contribution in [1.29, 1.82) is 0 Å². The smallest absolute Gasteiger partial charge is 0.227 e. The summed E-state index contributed by atoms with van der Waals surface area (Å²) in [6, 6.07) is 57.4. The van der Waals surface area contributed by atoms with Crippen molar-refractivity contribution in [2.24, 2.45) is 0 Å². The molecule has 0 saturated carbocycles. The lowest BCUT2D eigenvalue weighted by atomic mass is 9.96. The van der Waals surface area contributed by atoms with Gasteiger partial charge in [0.25, 0.3) is 0 Å². The zero-order valence-electron chi connectivity index (χ0n) is 25.8. The molecule has 0 aliphatic carbocycles. The number of nitrogens with zero attached hydrogens (tertiary/aromatic N) is 3. The second-order valence-electron chi connectivity index (χ2n) is 12.2. The van der Waals surface area contributed by atoms with E-state index in [1.54, 1.807) is 0 Å². The number of para-hydroxylation sites is 5. The predicted molar refractivity (Wildman–Crippen MR) is 197 cm³/mol. The minimum atomic E-state index is 0.631. The minimum absolute atomic E-state index is 0.631. The largest absolute Gasteiger partial charge is 0.436 e. The molecule has 10 aromatic rings. The van der Waals surface area contributed by atoms with Crippen molar-refractivity contribution in [2.45, 2.75) is 0 Å². The molecule has 0 aliphatic heterocycles. The standard InChI is InChI=1S/C44H27N3O/c1-2-10-32(11-3-1)47-39-16-8-5-13-34(39)36-27-26-35-33-12-4-6-14-37(33)45-42(41(35)43(36)47)30-22-18-28(19-23-30)29-20-24-31(25-21-29)44-46-38-15-7-9-17-40(38)48-44/h1-27H. The van der Waals surface area contributed by atoms with Crippen molar-refractivity contribution in [3.63, 3.8) is 0 Å². The van der Waals surface area contributed by atoms with Crippen molar-refractivity contribution in [1.82, 2.24) is 14.5 Å². The monoisotopic (exact) mass is 613 g/mol. The molecule has 4 nitrogen and oxygen atoms in total. The highest BCUT2D eigenvalue weighted by Gasteiger charge is 2.20. The first-order chi connectivity index (χ1) is 23.8. The van der Waals surface area contributed by atoms with Crippen LogP contribution in [0.3, 0.4) is 0 Å². The first-order valence-corrected chi connectivity index (χ1v) is 16.2. The maximum Gasteiger partial charge on any atom is 0.227 e. The molecule has 0 radical (unpaired) electrons. The summed E-state index contributed by atoms with van der Waals surface area (Å²) in [6.45, 7) is 0. The van der Waals surface area contributed by atoms with E-state index >= 15 is 0 Å². The van der Waals surface area contributed by atoms with E-state index in [0.717, 1.165) is 61.0 Å². The number of fused-ring (bicyclic) bond motifs is 8. The van der Waals surface area contributed by atoms with Gasteiger partial charge >= 0.3 is 0 Å². The van der Waals surface area contributed by atoms with E-state index in [4.69, 9.17) is 9.40 Å². The Morgan fingerprint density at radius 3 is 1.79 bits per heavy atom. The van der Waals surface area contributed by atoms with Gasteiger partial charge in [-0.1, -0.05) is 115 Å². The Kier molecular flexibility index (Phi) is 5.84. The highest BCUT2D eigenvalue weighted by Crippen LogP contribution is 2.42. The van der Waals surface area contributed by atoms with Gasteiger partial charge in [0.1, 0.15) is 5.52 Å². The van der Waals surface area contributed by atoms with Gasteiger partial charge in [-0.2, -0.15) is 0 Å². The molecule has 0 fully saturated rings. The lowest BCUT2D eigenvalue weighted by Gasteiger charge is -2.15. The predicted octanol–water partition coefficient (Wildman–Crippen LogP) is 11.6. The van der Waals surface area contributed by atoms with Crippen LogP contribution in [-0.2, 0) is 0 Å². The van der Waals surface area contributed by atoms with Crippen LogP contribution in [0.2, 0.25) is 0 Å². The third-order valence-electron chi connectivity index (χ3n) is 9.43. The average Bonchev–Trinajstić information content (AvgIpc) is 3.75. The summed E-state index contributed by atoms with van der Waals surface area (Å²) < 4.78 is 8.40. The van der Waals surface area contributed by atoms with Crippen molar-refractivity contribution in [2.75, 3.05) is 0 Å². The number of pyridine rings is 1. The highest BCUT2D eigenvalue weighted by molar-refractivity contribution is 6.25. The maximum absolute atomic E-state index is 6.00. The number of rotatable bonds is 4. The quantitative estimate of drug-likeness (QED) is 0.186. The fraction of sp³-hybridized carbons (Fsp3) is 0. The zero-order valence-corrected chi connectivity index (χ0v) is 25.8. The molecular formula is C44H27N3O. The van der Waals surface area contributed by atoms with Gasteiger partial charge in [-0.25, -0.2) is 9.97 Å². The van der Waals surface area contributed by atoms with Gasteiger partial charge in [0.2, 0.25) is 5.89 Å². The van der Waals surface area contributed by atoms with Crippen molar-refractivity contribution < 1.29 is 4.42 Å². The van der Waals surface area contributed by atoms with E-state index in [0.29, 0.717) is 5.89 Å². The minimum Gasteiger partial charge on any atom is -0.436 e. The Balaban J connectivity index is 1.15. The molecule has 0 atom stereocenters. The molecule has 0 aliphatic rings. The van der Waals surface area contributed by atoms with Crippen LogP contribution in [0.1, 0.15) is 0 Å². The van der Waals surface area contributed by atoms with Gasteiger partial charge in [0.05, 0.1) is 22.2 Å². The van der Waals surface area contributed by atoms with Crippen LogP contribution in [0.4, 0.5) is 0 Å². The molecule has 7 aromatic carbocycles. The molecule has 3 aromatic heterocycles. The molecule has 0 spiro atoms. The van der Waals surface area contributed by atoms with Crippen LogP contribution in [0, 0.1) is 0 Å². The molecule has 3 heterocycles. The molecule has 0 unspecified atom stereocenters. The Morgan fingerprint density at radius 2 is 1.02 bits per heavy atom. The van der Waals surface area contributed by atoms with Crippen molar-refractivity contribution in [3.8, 4) is 39.5 Å². The summed E-state index contributed by atoms with van der Waals surface area (Å²) in [6.07, 6.45) is 0. The first kappa shape index (κ1) is 26.7. The third kappa shape index (κ3) is 4.10. The van der Waals surface area contributed by atoms with Gasteiger partial charge in [-0.15, -0.1) is 0 Å². The molecule has 4 heteroatoms. The SMILES string of the molecule is c1ccc(-n2c3ccccc3c3ccc4c5ccccc5nc(-c5ccc(-c6ccc(-c7nc8ccccc8o7)cc6)cc5)c4c32)cc1. The third-order valence-corrected chi connectivity index (χ3v) is 9.43. The molecule has 0 amide bonds. The maximum atomic E-state index is 6.00. The van der Waals surface area contributed by atoms with Gasteiger partial charge in [-0.3, -0.25) is 0 Å².